The molecule has 0 bridgehead atoms. The molecule has 4 rings (SSSR count). The van der Waals surface area contributed by atoms with E-state index >= 15 is 0 Å². The van der Waals surface area contributed by atoms with Gasteiger partial charge in [-0.1, -0.05) is 11.8 Å². The van der Waals surface area contributed by atoms with Crippen LogP contribution in [0.2, 0.25) is 0 Å². The van der Waals surface area contributed by atoms with Crippen LogP contribution in [0.3, 0.4) is 0 Å². The molecule has 0 saturated carbocycles. The van der Waals surface area contributed by atoms with Crippen molar-refractivity contribution in [2.45, 2.75) is 10.9 Å². The lowest BCUT2D eigenvalue weighted by Gasteiger charge is -2.05. The molecule has 0 N–H and O–H groups in total. The maximum absolute atomic E-state index is 12.4. The minimum absolute atomic E-state index is 0.00375. The Morgan fingerprint density at radius 3 is 2.73 bits per heavy atom. The summed E-state index contributed by atoms with van der Waals surface area (Å²) in [4.78, 5) is 22.4. The van der Waals surface area contributed by atoms with Crippen molar-refractivity contribution in [2.24, 2.45) is 7.05 Å². The number of fused-ring (bicyclic) bond motifs is 1. The molecule has 3 heterocycles. The second-order valence-corrected chi connectivity index (χ2v) is 8.25. The number of ether oxygens (including phenoxy) is 1. The molecule has 0 radical (unpaired) electrons. The molecule has 0 aliphatic carbocycles. The Hall–Kier alpha value is -2.16. The number of thiazole rings is 1. The number of rotatable bonds is 5. The van der Waals surface area contributed by atoms with Crippen molar-refractivity contribution >= 4 is 44.7 Å². The Balaban J connectivity index is 1.53. The highest BCUT2D eigenvalue weighted by molar-refractivity contribution is 7.98. The van der Waals surface area contributed by atoms with Crippen molar-refractivity contribution in [3.05, 3.63) is 57.1 Å². The number of nitrogens with zero attached hydrogens (tertiary/aromatic N) is 3. The average molecular weight is 402 g/mol. The molecule has 0 spiro atoms. The molecule has 0 aliphatic heterocycles. The Labute approximate surface area is 162 Å². The van der Waals surface area contributed by atoms with Gasteiger partial charge in [0, 0.05) is 23.7 Å². The van der Waals surface area contributed by atoms with Gasteiger partial charge in [-0.25, -0.2) is 9.97 Å². The van der Waals surface area contributed by atoms with Crippen LogP contribution in [-0.2, 0) is 12.8 Å². The first-order valence-corrected chi connectivity index (χ1v) is 10.6. The molecule has 26 heavy (non-hydrogen) atoms. The second-order valence-electron chi connectivity index (χ2n) is 5.56. The first-order valence-electron chi connectivity index (χ1n) is 7.81. The molecule has 0 saturated heterocycles. The predicted octanol–water partition coefficient (Wildman–Crippen LogP) is 4.42. The van der Waals surface area contributed by atoms with Crippen LogP contribution in [-0.4, -0.2) is 21.6 Å². The van der Waals surface area contributed by atoms with Crippen molar-refractivity contribution in [3.8, 4) is 16.3 Å². The zero-order valence-corrected chi connectivity index (χ0v) is 16.6. The van der Waals surface area contributed by atoms with E-state index in [-0.39, 0.29) is 5.56 Å². The van der Waals surface area contributed by atoms with Gasteiger partial charge in [0.05, 0.1) is 18.2 Å². The number of aromatic nitrogens is 3. The van der Waals surface area contributed by atoms with Crippen molar-refractivity contribution in [1.82, 2.24) is 14.5 Å². The monoisotopic (exact) mass is 401 g/mol. The van der Waals surface area contributed by atoms with Gasteiger partial charge in [0.2, 0.25) is 0 Å². The third-order valence-corrected chi connectivity index (χ3v) is 6.71. The minimum atomic E-state index is -0.00375. The fourth-order valence-electron chi connectivity index (χ4n) is 2.49. The number of thiophene rings is 1. The second kappa shape index (κ2) is 7.22. The van der Waals surface area contributed by atoms with E-state index in [4.69, 9.17) is 9.72 Å². The Morgan fingerprint density at radius 2 is 1.96 bits per heavy atom. The molecule has 0 amide bonds. The van der Waals surface area contributed by atoms with Gasteiger partial charge >= 0.3 is 0 Å². The number of hydrogen-bond acceptors (Lipinski definition) is 7. The topological polar surface area (TPSA) is 57.0 Å². The molecule has 1 aromatic carbocycles. The highest BCUT2D eigenvalue weighted by Gasteiger charge is 2.11. The van der Waals surface area contributed by atoms with E-state index < -0.39 is 0 Å². The van der Waals surface area contributed by atoms with Gasteiger partial charge in [0.1, 0.15) is 15.6 Å². The van der Waals surface area contributed by atoms with Gasteiger partial charge in [-0.3, -0.25) is 9.36 Å². The zero-order valence-electron chi connectivity index (χ0n) is 14.1. The van der Waals surface area contributed by atoms with Gasteiger partial charge in [0.15, 0.2) is 5.16 Å². The van der Waals surface area contributed by atoms with Crippen molar-refractivity contribution in [1.29, 1.82) is 0 Å². The van der Waals surface area contributed by atoms with Crippen LogP contribution in [0.25, 0.3) is 20.8 Å². The largest absolute Gasteiger partial charge is 0.497 e. The summed E-state index contributed by atoms with van der Waals surface area (Å²) >= 11 is 4.63. The fourth-order valence-corrected chi connectivity index (χ4v) is 5.09. The van der Waals surface area contributed by atoms with E-state index in [2.05, 4.69) is 4.98 Å². The lowest BCUT2D eigenvalue weighted by Crippen LogP contribution is -2.19. The van der Waals surface area contributed by atoms with E-state index in [0.717, 1.165) is 26.8 Å². The summed E-state index contributed by atoms with van der Waals surface area (Å²) in [5.41, 5.74) is 2.04. The summed E-state index contributed by atoms with van der Waals surface area (Å²) in [6.07, 6.45) is 0. The Kier molecular flexibility index (Phi) is 4.80. The molecule has 8 heteroatoms. The summed E-state index contributed by atoms with van der Waals surface area (Å²) < 4.78 is 6.80. The van der Waals surface area contributed by atoms with E-state index in [1.165, 1.54) is 23.1 Å². The third-order valence-electron chi connectivity index (χ3n) is 3.90. The van der Waals surface area contributed by atoms with Crippen LogP contribution < -0.4 is 10.3 Å². The van der Waals surface area contributed by atoms with E-state index in [1.807, 2.05) is 41.1 Å². The molecule has 5 nitrogen and oxygen atoms in total. The predicted molar refractivity (Wildman–Crippen MR) is 109 cm³/mol. The smallest absolute Gasteiger partial charge is 0.262 e. The fraction of sp³-hybridized carbons (Fsp3) is 0.167. The number of hydrogen-bond donors (Lipinski definition) is 0. The Morgan fingerprint density at radius 1 is 1.15 bits per heavy atom. The normalized spacial score (nSPS) is 11.2. The lowest BCUT2D eigenvalue weighted by molar-refractivity contribution is 0.415. The molecular weight excluding hydrogens is 386 g/mol. The van der Waals surface area contributed by atoms with Crippen molar-refractivity contribution < 1.29 is 4.74 Å². The number of thioether (sulfide) groups is 1. The first kappa shape index (κ1) is 17.3. The van der Waals surface area contributed by atoms with E-state index in [9.17, 15) is 4.79 Å². The first-order chi connectivity index (χ1) is 12.7. The summed E-state index contributed by atoms with van der Waals surface area (Å²) in [7, 11) is 3.42. The highest BCUT2D eigenvalue weighted by atomic mass is 32.2. The minimum Gasteiger partial charge on any atom is -0.497 e. The van der Waals surface area contributed by atoms with Gasteiger partial charge in [-0.05, 0) is 35.7 Å². The SMILES string of the molecule is COc1ccc(-c2nc(CSc3nc4sccc4c(=O)n3C)cs2)cc1. The zero-order chi connectivity index (χ0) is 18.1. The average Bonchev–Trinajstić information content (AvgIpc) is 3.33. The number of benzene rings is 1. The highest BCUT2D eigenvalue weighted by Crippen LogP contribution is 2.29. The van der Waals surface area contributed by atoms with Crippen LogP contribution in [0.5, 0.6) is 5.75 Å². The molecule has 0 unspecified atom stereocenters. The molecular formula is C18H15N3O2S3. The van der Waals surface area contributed by atoms with Crippen LogP contribution in [0.1, 0.15) is 5.69 Å². The summed E-state index contributed by atoms with van der Waals surface area (Å²) in [6, 6.07) is 9.70. The number of methoxy groups -OCH3 is 1. The van der Waals surface area contributed by atoms with E-state index in [1.54, 1.807) is 30.1 Å². The van der Waals surface area contributed by atoms with Crippen molar-refractivity contribution in [3.63, 3.8) is 0 Å². The van der Waals surface area contributed by atoms with Crippen LogP contribution >= 0.6 is 34.4 Å². The molecule has 4 aromatic rings. The standard InChI is InChI=1S/C18H15N3O2S3/c1-21-17(22)14-7-8-24-16(14)20-18(21)26-10-12-9-25-15(19-12)11-3-5-13(23-2)6-4-11/h3-9H,10H2,1-2H3. The molecule has 3 aromatic heterocycles. The maximum Gasteiger partial charge on any atom is 0.262 e. The summed E-state index contributed by atoms with van der Waals surface area (Å²) in [5, 5.41) is 6.31. The maximum atomic E-state index is 12.4. The van der Waals surface area contributed by atoms with E-state index in [0.29, 0.717) is 16.3 Å². The van der Waals surface area contributed by atoms with Crippen molar-refractivity contribution in [2.75, 3.05) is 7.11 Å². The van der Waals surface area contributed by atoms with Crippen LogP contribution in [0.4, 0.5) is 0 Å². The summed E-state index contributed by atoms with van der Waals surface area (Å²) in [5.74, 6) is 1.50. The molecule has 0 aliphatic rings. The van der Waals surface area contributed by atoms with Gasteiger partial charge in [-0.2, -0.15) is 0 Å². The quantitative estimate of drug-likeness (QED) is 0.366. The van der Waals surface area contributed by atoms with Gasteiger partial charge in [0.25, 0.3) is 5.56 Å². The molecule has 132 valence electrons. The van der Waals surface area contributed by atoms with Crippen LogP contribution in [0, 0.1) is 0 Å². The van der Waals surface area contributed by atoms with Gasteiger partial charge < -0.3 is 4.74 Å². The lowest BCUT2D eigenvalue weighted by atomic mass is 10.2. The third kappa shape index (κ3) is 3.27. The molecule has 0 fully saturated rings. The van der Waals surface area contributed by atoms with Crippen LogP contribution in [0.15, 0.2) is 51.0 Å². The Bertz CT molecular complexity index is 1110. The molecule has 0 atom stereocenters. The van der Waals surface area contributed by atoms with Gasteiger partial charge in [-0.15, -0.1) is 22.7 Å². The summed E-state index contributed by atoms with van der Waals surface area (Å²) in [6.45, 7) is 0.